The number of likely N-dealkylation sites (N-methyl/N-ethyl adjacent to an activating group) is 1. The van der Waals surface area contributed by atoms with Crippen molar-refractivity contribution < 1.29 is 35.1 Å². The predicted octanol–water partition coefficient (Wildman–Crippen LogP) is 6.95. The zero-order chi connectivity index (χ0) is 37.5. The monoisotopic (exact) mass is 655 g/mol. The maximum absolute atomic E-state index is 11.3. The highest BCUT2D eigenvalue weighted by atomic mass is 16.5. The number of nitrogens with zero attached hydrogens (tertiary/aromatic N) is 1. The lowest BCUT2D eigenvalue weighted by Crippen LogP contribution is -2.46. The van der Waals surface area contributed by atoms with Crippen molar-refractivity contribution in [2.75, 3.05) is 27.3 Å². The maximum Gasteiger partial charge on any atom is 0.322 e. The van der Waals surface area contributed by atoms with Crippen LogP contribution in [-0.4, -0.2) is 95.5 Å². The van der Waals surface area contributed by atoms with Gasteiger partial charge in [0.1, 0.15) is 30.5 Å². The van der Waals surface area contributed by atoms with Crippen LogP contribution in [0, 0.1) is 11.8 Å². The van der Waals surface area contributed by atoms with E-state index in [1.165, 1.54) is 45.6 Å². The Kier molecular flexibility index (Phi) is 90.3. The molecule has 0 spiro atoms. The molecule has 9 nitrogen and oxygen atoms in total. The molecule has 0 amide bonds. The van der Waals surface area contributed by atoms with E-state index in [1.807, 2.05) is 69.2 Å². The Balaban J connectivity index is -0.0000000843. The third-order valence-electron chi connectivity index (χ3n) is 5.11. The fourth-order valence-corrected chi connectivity index (χ4v) is 2.38. The van der Waals surface area contributed by atoms with Gasteiger partial charge in [-0.1, -0.05) is 122 Å². The minimum atomic E-state index is -1.67. The highest BCUT2D eigenvalue weighted by Crippen LogP contribution is 2.05. The molecular weight excluding hydrogens is 572 g/mol. The first kappa shape index (κ1) is 62.3. The van der Waals surface area contributed by atoms with Gasteiger partial charge in [0.2, 0.25) is 0 Å². The summed E-state index contributed by atoms with van der Waals surface area (Å²) in [5, 5.41) is 49.3. The number of rotatable bonds is 16. The second kappa shape index (κ2) is 65.2. The first-order valence-electron chi connectivity index (χ1n) is 17.5. The molecule has 5 atom stereocenters. The topological polar surface area (TPSA) is 152 Å². The van der Waals surface area contributed by atoms with Gasteiger partial charge in [0.05, 0.1) is 13.7 Å². The smallest absolute Gasteiger partial charge is 0.322 e. The third kappa shape index (κ3) is 58.5. The lowest BCUT2D eigenvalue weighted by molar-refractivity contribution is -0.143. The summed E-state index contributed by atoms with van der Waals surface area (Å²) in [5.74, 6) is 5.03. The van der Waals surface area contributed by atoms with Gasteiger partial charge in [-0.2, -0.15) is 0 Å². The quantitative estimate of drug-likeness (QED) is 0.0453. The Labute approximate surface area is 281 Å². The van der Waals surface area contributed by atoms with Gasteiger partial charge >= 0.3 is 5.97 Å². The van der Waals surface area contributed by atoms with Crippen molar-refractivity contribution >= 4 is 12.2 Å². The number of nitrogens with one attached hydrogen (secondary N) is 1. The van der Waals surface area contributed by atoms with Crippen LogP contribution in [0.2, 0.25) is 0 Å². The predicted molar refractivity (Wildman–Crippen MR) is 198 cm³/mol. The Hall–Kier alpha value is -1.54. The number of unbranched alkanes of at least 4 members (excludes halogenated alkanes) is 5. The first-order valence-corrected chi connectivity index (χ1v) is 17.5. The lowest BCUT2D eigenvalue weighted by atomic mass is 10.0. The van der Waals surface area contributed by atoms with E-state index >= 15 is 0 Å². The highest BCUT2D eigenvalue weighted by Gasteiger charge is 2.28. The van der Waals surface area contributed by atoms with Crippen LogP contribution in [0.4, 0.5) is 0 Å². The van der Waals surface area contributed by atoms with Crippen molar-refractivity contribution in [1.82, 2.24) is 5.32 Å². The standard InChI is InChI=1S/C14H28N2O7.C6H14.C4H10.C4H6.4C2H6/c1-15-9(14(22)23-2)5-3-4-6-16-7-10(18)12(20)13(21)11(19)8-17;1-3-5-6-4-2;2*1-3-4-2;4*1-2/h7,9-13,15,17-21H,3-6,8H2,1-2H3;3-6H2,1-2H3;3-4H2,1-2H3;1-2H3;4*1-2H3. The van der Waals surface area contributed by atoms with E-state index in [2.05, 4.69) is 54.6 Å². The summed E-state index contributed by atoms with van der Waals surface area (Å²) < 4.78 is 4.64. The molecule has 6 N–H and O–H groups in total. The summed E-state index contributed by atoms with van der Waals surface area (Å²) in [4.78, 5) is 15.3. The molecular formula is C36H82N2O7. The van der Waals surface area contributed by atoms with E-state index in [9.17, 15) is 20.1 Å². The summed E-state index contributed by atoms with van der Waals surface area (Å²) in [6.45, 7) is 28.1. The average Bonchev–Trinajstić information content (AvgIpc) is 3.12. The summed E-state index contributed by atoms with van der Waals surface area (Å²) in [5.41, 5.74) is 0. The largest absolute Gasteiger partial charge is 0.468 e. The molecule has 0 rings (SSSR count). The van der Waals surface area contributed by atoms with Crippen molar-refractivity contribution in [1.29, 1.82) is 0 Å². The van der Waals surface area contributed by atoms with Crippen molar-refractivity contribution in [3.8, 4) is 11.8 Å². The van der Waals surface area contributed by atoms with Crippen LogP contribution in [0.5, 0.6) is 0 Å². The molecule has 45 heavy (non-hydrogen) atoms. The lowest BCUT2D eigenvalue weighted by Gasteiger charge is -2.23. The van der Waals surface area contributed by atoms with E-state index in [0.717, 1.165) is 6.21 Å². The van der Waals surface area contributed by atoms with E-state index in [4.69, 9.17) is 10.2 Å². The van der Waals surface area contributed by atoms with Crippen LogP contribution in [0.1, 0.15) is 155 Å². The molecule has 0 aromatic carbocycles. The van der Waals surface area contributed by atoms with Gasteiger partial charge in [-0.25, -0.2) is 0 Å². The number of aliphatic hydroxyl groups is 5. The highest BCUT2D eigenvalue weighted by molar-refractivity contribution is 5.75. The molecule has 9 heteroatoms. The van der Waals surface area contributed by atoms with E-state index in [0.29, 0.717) is 25.8 Å². The SMILES string of the molecule is CC.CC.CC.CC.CC#CC.CCCC.CCCCCC.CNC(CCCCN=CC(O)C(O)C(O)C(O)CO)C(=O)OC. The van der Waals surface area contributed by atoms with Gasteiger partial charge in [0.25, 0.3) is 0 Å². The Morgan fingerprint density at radius 1 is 0.756 bits per heavy atom. The van der Waals surface area contributed by atoms with Gasteiger partial charge < -0.3 is 35.6 Å². The zero-order valence-electron chi connectivity index (χ0n) is 32.7. The van der Waals surface area contributed by atoms with Crippen LogP contribution < -0.4 is 5.32 Å². The molecule has 5 unspecified atom stereocenters. The van der Waals surface area contributed by atoms with Crippen LogP contribution in [0.25, 0.3) is 0 Å². The summed E-state index contributed by atoms with van der Waals surface area (Å²) in [6, 6.07) is -0.369. The number of aliphatic imine (C=N–C) groups is 1. The molecule has 0 aliphatic rings. The number of methoxy groups -OCH3 is 1. The number of ether oxygens (including phenoxy) is 1. The van der Waals surface area contributed by atoms with Gasteiger partial charge in [-0.3, -0.25) is 9.79 Å². The molecule has 278 valence electrons. The minimum Gasteiger partial charge on any atom is -0.468 e. The van der Waals surface area contributed by atoms with Crippen molar-refractivity contribution in [3.63, 3.8) is 0 Å². The molecule has 0 aliphatic carbocycles. The Morgan fingerprint density at radius 2 is 1.18 bits per heavy atom. The van der Waals surface area contributed by atoms with Gasteiger partial charge in [-0.15, -0.1) is 11.8 Å². The minimum absolute atomic E-state index is 0.328. The molecule has 0 aromatic rings. The third-order valence-corrected chi connectivity index (χ3v) is 5.11. The average molecular weight is 655 g/mol. The van der Waals surface area contributed by atoms with Gasteiger partial charge in [0.15, 0.2) is 0 Å². The molecule has 0 radical (unpaired) electrons. The number of aliphatic hydroxyl groups excluding tert-OH is 5. The molecule has 0 aromatic heterocycles. The van der Waals surface area contributed by atoms with Crippen molar-refractivity contribution in [2.45, 2.75) is 185 Å². The second-order valence-corrected chi connectivity index (χ2v) is 8.34. The summed E-state index contributed by atoms with van der Waals surface area (Å²) >= 11 is 0. The number of carbonyl (C=O) groups is 1. The number of esters is 1. The maximum atomic E-state index is 11.3. The normalized spacial score (nSPS) is 12.1. The molecule has 0 saturated carbocycles. The fraction of sp³-hybridized carbons (Fsp3) is 0.889. The molecule has 0 aliphatic heterocycles. The van der Waals surface area contributed by atoms with E-state index < -0.39 is 31.0 Å². The second-order valence-electron chi connectivity index (χ2n) is 8.34. The Bertz CT molecular complexity index is 541. The van der Waals surface area contributed by atoms with E-state index in [-0.39, 0.29) is 12.0 Å². The fourth-order valence-electron chi connectivity index (χ4n) is 2.38. The van der Waals surface area contributed by atoms with Gasteiger partial charge in [-0.05, 0) is 40.2 Å². The number of hydrogen-bond donors (Lipinski definition) is 6. The summed E-state index contributed by atoms with van der Waals surface area (Å²) in [7, 11) is 3.00. The first-order chi connectivity index (χ1) is 21.6. The molecule has 0 fully saturated rings. The van der Waals surface area contributed by atoms with Crippen molar-refractivity contribution in [3.05, 3.63) is 0 Å². The number of hydrogen-bond acceptors (Lipinski definition) is 9. The number of carbonyl (C=O) groups excluding carboxylic acids is 1. The van der Waals surface area contributed by atoms with Crippen molar-refractivity contribution in [2.24, 2.45) is 4.99 Å². The van der Waals surface area contributed by atoms with Crippen LogP contribution in [-0.2, 0) is 9.53 Å². The van der Waals surface area contributed by atoms with E-state index in [1.54, 1.807) is 7.05 Å². The van der Waals surface area contributed by atoms with Crippen LogP contribution >= 0.6 is 0 Å². The molecule has 0 bridgehead atoms. The Morgan fingerprint density at radius 3 is 1.47 bits per heavy atom. The van der Waals surface area contributed by atoms with Crippen LogP contribution in [0.15, 0.2) is 4.99 Å². The van der Waals surface area contributed by atoms with Crippen LogP contribution in [0.3, 0.4) is 0 Å². The molecule has 0 heterocycles. The zero-order valence-corrected chi connectivity index (χ0v) is 32.7. The van der Waals surface area contributed by atoms with Gasteiger partial charge in [0, 0.05) is 12.8 Å². The summed E-state index contributed by atoms with van der Waals surface area (Å²) in [6.07, 6.45) is 4.91. The molecule has 0 saturated heterocycles.